The first-order chi connectivity index (χ1) is 28.6. The van der Waals surface area contributed by atoms with E-state index in [1.54, 1.807) is 12.1 Å². The van der Waals surface area contributed by atoms with Crippen molar-refractivity contribution in [2.45, 2.75) is 232 Å². The summed E-state index contributed by atoms with van der Waals surface area (Å²) in [5.74, 6) is 0.420. The Bertz CT molecular complexity index is 1240. The fourth-order valence-electron chi connectivity index (χ4n) is 8.30. The summed E-state index contributed by atoms with van der Waals surface area (Å²) in [5, 5.41) is 20.3. The zero-order valence-electron chi connectivity index (χ0n) is 38.4. The molecular weight excluding hydrogens is 733 g/mol. The van der Waals surface area contributed by atoms with Crippen LogP contribution in [-0.4, -0.2) is 35.4 Å². The first kappa shape index (κ1) is 52.1. The molecule has 2 aromatic carbocycles. The van der Waals surface area contributed by atoms with Crippen LogP contribution in [0.2, 0.25) is 0 Å². The quantitative estimate of drug-likeness (QED) is 0.0518. The summed E-state index contributed by atoms with van der Waals surface area (Å²) in [6.07, 6.45) is 35.4. The maximum atomic E-state index is 13.0. The Kier molecular flexibility index (Phi) is 29.7. The standard InChI is InChI=1S/C53H88O6/c1-5-7-9-11-13-15-17-19-21-23-25-27-31-45(47-33-29-35-49(54)41-47)37-39-51(56)58-43-53(3,4)44-59-52(57)40-38-46(48-34-30-36-50(55)42-48)32-28-26-24-22-20-18-16-14-12-10-8-6-2/h29-30,33-36,41-42,45-46,54-55H,5-28,31-32,37-40,43-44H2,1-4H3. The molecule has 336 valence electrons. The van der Waals surface area contributed by atoms with Gasteiger partial charge in [0.25, 0.3) is 0 Å². The highest BCUT2D eigenvalue weighted by Crippen LogP contribution is 2.32. The summed E-state index contributed by atoms with van der Waals surface area (Å²) >= 11 is 0. The van der Waals surface area contributed by atoms with E-state index >= 15 is 0 Å². The van der Waals surface area contributed by atoms with Gasteiger partial charge in [-0.05, 0) is 72.9 Å². The number of carbonyl (C=O) groups is 2. The molecule has 2 atom stereocenters. The largest absolute Gasteiger partial charge is 0.508 e. The van der Waals surface area contributed by atoms with E-state index < -0.39 is 5.41 Å². The Labute approximate surface area is 362 Å². The molecule has 6 nitrogen and oxygen atoms in total. The lowest BCUT2D eigenvalue weighted by molar-refractivity contribution is -0.152. The number of aromatic hydroxyl groups is 2. The molecule has 0 radical (unpaired) electrons. The first-order valence-electron chi connectivity index (χ1n) is 24.5. The van der Waals surface area contributed by atoms with Gasteiger partial charge in [-0.3, -0.25) is 9.59 Å². The number of ether oxygens (including phenoxy) is 2. The molecule has 2 rings (SSSR count). The molecule has 2 aromatic rings. The predicted molar refractivity (Wildman–Crippen MR) is 247 cm³/mol. The van der Waals surface area contributed by atoms with Crippen molar-refractivity contribution in [2.75, 3.05) is 13.2 Å². The van der Waals surface area contributed by atoms with Crippen LogP contribution in [0, 0.1) is 5.41 Å². The van der Waals surface area contributed by atoms with Crippen molar-refractivity contribution in [1.82, 2.24) is 0 Å². The summed E-state index contributed by atoms with van der Waals surface area (Å²) in [6.45, 7) is 8.81. The smallest absolute Gasteiger partial charge is 0.305 e. The molecule has 6 heteroatoms. The number of esters is 2. The van der Waals surface area contributed by atoms with Crippen LogP contribution in [0.4, 0.5) is 0 Å². The van der Waals surface area contributed by atoms with Crippen molar-refractivity contribution >= 4 is 11.9 Å². The molecule has 0 aromatic heterocycles. The molecule has 0 aliphatic carbocycles. The molecule has 0 aliphatic heterocycles. The lowest BCUT2D eigenvalue weighted by atomic mass is 9.88. The van der Waals surface area contributed by atoms with Gasteiger partial charge in [-0.25, -0.2) is 0 Å². The molecular formula is C53H88O6. The van der Waals surface area contributed by atoms with Crippen LogP contribution in [0.15, 0.2) is 48.5 Å². The number of hydrogen-bond donors (Lipinski definition) is 2. The van der Waals surface area contributed by atoms with Gasteiger partial charge in [0.1, 0.15) is 11.5 Å². The number of phenolic OH excluding ortho intramolecular Hbond substituents is 2. The SMILES string of the molecule is CCCCCCCCCCCCCCC(CCC(=O)OCC(C)(C)COC(=O)CCC(CCCCCCCCCCCCCC)c1cccc(O)c1)c1cccc(O)c1. The van der Waals surface area contributed by atoms with Gasteiger partial charge in [0, 0.05) is 18.3 Å². The molecule has 2 N–H and O–H groups in total. The normalized spacial score (nSPS) is 12.7. The Balaban J connectivity index is 1.70. The van der Waals surface area contributed by atoms with Gasteiger partial charge in [0.15, 0.2) is 0 Å². The third kappa shape index (κ3) is 27.4. The molecule has 2 unspecified atom stereocenters. The molecule has 0 fully saturated rings. The summed E-state index contributed by atoms with van der Waals surface area (Å²) in [7, 11) is 0. The Morgan fingerprint density at radius 1 is 0.475 bits per heavy atom. The zero-order chi connectivity index (χ0) is 42.8. The minimum atomic E-state index is -0.509. The van der Waals surface area contributed by atoms with E-state index in [9.17, 15) is 19.8 Å². The van der Waals surface area contributed by atoms with Crippen molar-refractivity contribution in [2.24, 2.45) is 5.41 Å². The lowest BCUT2D eigenvalue weighted by Crippen LogP contribution is -2.28. The summed E-state index contributed by atoms with van der Waals surface area (Å²) in [5.41, 5.74) is 1.65. The highest BCUT2D eigenvalue weighted by Gasteiger charge is 2.24. The van der Waals surface area contributed by atoms with Crippen molar-refractivity contribution in [3.8, 4) is 11.5 Å². The fourth-order valence-corrected chi connectivity index (χ4v) is 8.30. The van der Waals surface area contributed by atoms with Gasteiger partial charge in [-0.15, -0.1) is 0 Å². The average Bonchev–Trinajstić information content (AvgIpc) is 3.22. The summed E-state index contributed by atoms with van der Waals surface area (Å²) < 4.78 is 11.5. The lowest BCUT2D eigenvalue weighted by Gasteiger charge is -2.24. The monoisotopic (exact) mass is 821 g/mol. The predicted octanol–water partition coefficient (Wildman–Crippen LogP) is 15.8. The van der Waals surface area contributed by atoms with E-state index in [-0.39, 0.29) is 48.5 Å². The highest BCUT2D eigenvalue weighted by atomic mass is 16.5. The minimum absolute atomic E-state index is 0.180. The third-order valence-corrected chi connectivity index (χ3v) is 12.1. The van der Waals surface area contributed by atoms with E-state index in [1.807, 2.05) is 38.1 Å². The molecule has 0 heterocycles. The molecule has 0 amide bonds. The fraction of sp³-hybridized carbons (Fsp3) is 0.736. The van der Waals surface area contributed by atoms with Gasteiger partial charge in [-0.2, -0.15) is 0 Å². The number of unbranched alkanes of at least 4 members (excludes halogenated alkanes) is 22. The minimum Gasteiger partial charge on any atom is -0.508 e. The molecule has 0 aliphatic rings. The Morgan fingerprint density at radius 2 is 0.780 bits per heavy atom. The van der Waals surface area contributed by atoms with Crippen LogP contribution in [0.25, 0.3) is 0 Å². The molecule has 0 saturated carbocycles. The molecule has 0 bridgehead atoms. The molecule has 0 saturated heterocycles. The Morgan fingerprint density at radius 3 is 1.08 bits per heavy atom. The molecule has 59 heavy (non-hydrogen) atoms. The highest BCUT2D eigenvalue weighted by molar-refractivity contribution is 5.70. The van der Waals surface area contributed by atoms with Crippen molar-refractivity contribution in [3.63, 3.8) is 0 Å². The molecule has 0 spiro atoms. The van der Waals surface area contributed by atoms with E-state index in [0.29, 0.717) is 25.7 Å². The van der Waals surface area contributed by atoms with E-state index in [4.69, 9.17) is 9.47 Å². The van der Waals surface area contributed by atoms with Crippen LogP contribution in [0.1, 0.15) is 243 Å². The van der Waals surface area contributed by atoms with Crippen LogP contribution >= 0.6 is 0 Å². The van der Waals surface area contributed by atoms with Crippen LogP contribution in [0.5, 0.6) is 11.5 Å². The van der Waals surface area contributed by atoms with Crippen LogP contribution < -0.4 is 0 Å². The number of benzene rings is 2. The van der Waals surface area contributed by atoms with E-state index in [1.165, 1.54) is 141 Å². The van der Waals surface area contributed by atoms with Crippen molar-refractivity contribution in [3.05, 3.63) is 59.7 Å². The average molecular weight is 821 g/mol. The third-order valence-electron chi connectivity index (χ3n) is 12.1. The van der Waals surface area contributed by atoms with Crippen molar-refractivity contribution in [1.29, 1.82) is 0 Å². The van der Waals surface area contributed by atoms with Gasteiger partial charge < -0.3 is 19.7 Å². The van der Waals surface area contributed by atoms with Crippen molar-refractivity contribution < 1.29 is 29.3 Å². The number of rotatable bonds is 38. The van der Waals surface area contributed by atoms with E-state index in [2.05, 4.69) is 26.0 Å². The van der Waals surface area contributed by atoms with Gasteiger partial charge in [0.05, 0.1) is 13.2 Å². The van der Waals surface area contributed by atoms with Crippen LogP contribution in [0.3, 0.4) is 0 Å². The van der Waals surface area contributed by atoms with E-state index in [0.717, 1.165) is 36.8 Å². The Hall–Kier alpha value is -3.02. The van der Waals surface area contributed by atoms with Gasteiger partial charge >= 0.3 is 11.9 Å². The second-order valence-electron chi connectivity index (χ2n) is 18.5. The number of phenols is 2. The second kappa shape index (κ2) is 33.7. The summed E-state index contributed by atoms with van der Waals surface area (Å²) in [4.78, 5) is 25.9. The first-order valence-corrected chi connectivity index (χ1v) is 24.5. The topological polar surface area (TPSA) is 93.1 Å². The summed E-state index contributed by atoms with van der Waals surface area (Å²) in [6, 6.07) is 14.9. The second-order valence-corrected chi connectivity index (χ2v) is 18.5. The van der Waals surface area contributed by atoms with Gasteiger partial charge in [0.2, 0.25) is 0 Å². The van der Waals surface area contributed by atoms with Crippen LogP contribution in [-0.2, 0) is 19.1 Å². The maximum absolute atomic E-state index is 13.0. The van der Waals surface area contributed by atoms with Gasteiger partial charge in [-0.1, -0.05) is 206 Å². The zero-order valence-corrected chi connectivity index (χ0v) is 38.4. The maximum Gasteiger partial charge on any atom is 0.305 e. The number of carbonyl (C=O) groups excluding carboxylic acids is 2. The number of hydrogen-bond acceptors (Lipinski definition) is 6.